The van der Waals surface area contributed by atoms with E-state index in [4.69, 9.17) is 0 Å². The maximum absolute atomic E-state index is 12.2. The molecule has 132 valence electrons. The molecule has 0 aliphatic carbocycles. The summed E-state index contributed by atoms with van der Waals surface area (Å²) in [5, 5.41) is 7.66. The average Bonchev–Trinajstić information content (AvgIpc) is 3.06. The first-order valence-corrected chi connectivity index (χ1v) is 8.80. The number of amides is 2. The SMILES string of the molecule is Cc1cccc(NC(=O)Cc2csc(NC(=O)c3ncccn3)n2)c1C. The van der Waals surface area contributed by atoms with Gasteiger partial charge in [-0.05, 0) is 37.1 Å². The van der Waals surface area contributed by atoms with Crippen LogP contribution in [0.3, 0.4) is 0 Å². The molecule has 0 bridgehead atoms. The first-order chi connectivity index (χ1) is 12.5. The molecule has 0 aliphatic heterocycles. The zero-order valence-corrected chi connectivity index (χ0v) is 15.1. The Morgan fingerprint density at radius 1 is 1.08 bits per heavy atom. The molecule has 0 aliphatic rings. The van der Waals surface area contributed by atoms with Crippen molar-refractivity contribution < 1.29 is 9.59 Å². The van der Waals surface area contributed by atoms with Gasteiger partial charge in [0.15, 0.2) is 5.13 Å². The number of carbonyl (C=O) groups is 2. The topological polar surface area (TPSA) is 96.9 Å². The van der Waals surface area contributed by atoms with Gasteiger partial charge in [-0.25, -0.2) is 15.0 Å². The largest absolute Gasteiger partial charge is 0.325 e. The van der Waals surface area contributed by atoms with Crippen LogP contribution in [0.1, 0.15) is 27.4 Å². The number of aromatic nitrogens is 3. The van der Waals surface area contributed by atoms with E-state index in [1.54, 1.807) is 11.4 Å². The minimum absolute atomic E-state index is 0.0666. The van der Waals surface area contributed by atoms with Crippen molar-refractivity contribution in [1.82, 2.24) is 15.0 Å². The summed E-state index contributed by atoms with van der Waals surface area (Å²) in [7, 11) is 0. The zero-order chi connectivity index (χ0) is 18.5. The van der Waals surface area contributed by atoms with Crippen LogP contribution in [0.25, 0.3) is 0 Å². The van der Waals surface area contributed by atoms with Crippen LogP contribution in [0.5, 0.6) is 0 Å². The number of hydrogen-bond donors (Lipinski definition) is 2. The van der Waals surface area contributed by atoms with Gasteiger partial charge < -0.3 is 5.32 Å². The Balaban J connectivity index is 1.60. The Hall–Kier alpha value is -3.13. The normalized spacial score (nSPS) is 10.4. The molecule has 26 heavy (non-hydrogen) atoms. The Morgan fingerprint density at radius 2 is 1.85 bits per heavy atom. The number of benzene rings is 1. The highest BCUT2D eigenvalue weighted by Crippen LogP contribution is 2.19. The second kappa shape index (κ2) is 7.83. The van der Waals surface area contributed by atoms with Crippen molar-refractivity contribution in [3.05, 3.63) is 64.7 Å². The number of carbonyl (C=O) groups excluding carboxylic acids is 2. The molecule has 0 saturated heterocycles. The number of hydrogen-bond acceptors (Lipinski definition) is 6. The lowest BCUT2D eigenvalue weighted by molar-refractivity contribution is -0.115. The quantitative estimate of drug-likeness (QED) is 0.723. The molecule has 0 spiro atoms. The van der Waals surface area contributed by atoms with Crippen LogP contribution in [0.15, 0.2) is 42.0 Å². The number of rotatable bonds is 5. The lowest BCUT2D eigenvalue weighted by atomic mass is 10.1. The van der Waals surface area contributed by atoms with Crippen molar-refractivity contribution >= 4 is 34.0 Å². The summed E-state index contributed by atoms with van der Waals surface area (Å²) in [6.45, 7) is 3.96. The van der Waals surface area contributed by atoms with E-state index in [9.17, 15) is 9.59 Å². The van der Waals surface area contributed by atoms with Crippen LogP contribution in [0.2, 0.25) is 0 Å². The Kier molecular flexibility index (Phi) is 5.33. The number of aryl methyl sites for hydroxylation is 1. The number of nitrogens with one attached hydrogen (secondary N) is 2. The van der Waals surface area contributed by atoms with Crippen LogP contribution in [-0.2, 0) is 11.2 Å². The average molecular weight is 367 g/mol. The van der Waals surface area contributed by atoms with E-state index in [0.29, 0.717) is 10.8 Å². The third kappa shape index (κ3) is 4.28. The minimum Gasteiger partial charge on any atom is -0.325 e. The summed E-state index contributed by atoms with van der Waals surface area (Å²) in [4.78, 5) is 36.3. The molecule has 2 amide bonds. The van der Waals surface area contributed by atoms with Crippen LogP contribution in [-0.4, -0.2) is 26.8 Å². The fraction of sp³-hybridized carbons (Fsp3) is 0.167. The van der Waals surface area contributed by atoms with Crippen LogP contribution in [0.4, 0.5) is 10.8 Å². The maximum Gasteiger partial charge on any atom is 0.295 e. The van der Waals surface area contributed by atoms with Crippen LogP contribution >= 0.6 is 11.3 Å². The fourth-order valence-corrected chi connectivity index (χ4v) is 2.97. The van der Waals surface area contributed by atoms with Crippen molar-refractivity contribution in [3.8, 4) is 0 Å². The maximum atomic E-state index is 12.2. The molecule has 2 aromatic heterocycles. The fourth-order valence-electron chi connectivity index (χ4n) is 2.26. The summed E-state index contributed by atoms with van der Waals surface area (Å²) in [6, 6.07) is 7.40. The molecule has 0 saturated carbocycles. The zero-order valence-electron chi connectivity index (χ0n) is 14.3. The molecule has 0 atom stereocenters. The third-order valence-electron chi connectivity index (χ3n) is 3.76. The van der Waals surface area contributed by atoms with Gasteiger partial charge in [0.2, 0.25) is 11.7 Å². The minimum atomic E-state index is -0.439. The van der Waals surface area contributed by atoms with Crippen molar-refractivity contribution in [2.75, 3.05) is 10.6 Å². The van der Waals surface area contributed by atoms with Crippen molar-refractivity contribution in [2.45, 2.75) is 20.3 Å². The van der Waals surface area contributed by atoms with E-state index in [1.165, 1.54) is 23.7 Å². The molecule has 0 unspecified atom stereocenters. The molecule has 2 N–H and O–H groups in total. The highest BCUT2D eigenvalue weighted by molar-refractivity contribution is 7.14. The summed E-state index contributed by atoms with van der Waals surface area (Å²) >= 11 is 1.25. The van der Waals surface area contributed by atoms with E-state index in [2.05, 4.69) is 25.6 Å². The lowest BCUT2D eigenvalue weighted by Gasteiger charge is -2.09. The van der Waals surface area contributed by atoms with Crippen molar-refractivity contribution in [3.63, 3.8) is 0 Å². The van der Waals surface area contributed by atoms with Crippen LogP contribution < -0.4 is 10.6 Å². The second-order valence-electron chi connectivity index (χ2n) is 5.64. The summed E-state index contributed by atoms with van der Waals surface area (Å²) in [5.74, 6) is -0.531. The van der Waals surface area contributed by atoms with Gasteiger partial charge in [0.25, 0.3) is 5.91 Å². The van der Waals surface area contributed by atoms with Crippen molar-refractivity contribution in [2.24, 2.45) is 0 Å². The van der Waals surface area contributed by atoms with Gasteiger partial charge in [0.05, 0.1) is 12.1 Å². The van der Waals surface area contributed by atoms with Crippen molar-refractivity contribution in [1.29, 1.82) is 0 Å². The lowest BCUT2D eigenvalue weighted by Crippen LogP contribution is -2.16. The van der Waals surface area contributed by atoms with Gasteiger partial charge in [0.1, 0.15) is 0 Å². The molecule has 3 rings (SSSR count). The first-order valence-electron chi connectivity index (χ1n) is 7.92. The third-order valence-corrected chi connectivity index (χ3v) is 4.57. The molecule has 3 aromatic rings. The molecule has 2 heterocycles. The van der Waals surface area contributed by atoms with Gasteiger partial charge in [-0.2, -0.15) is 0 Å². The Morgan fingerprint density at radius 3 is 2.62 bits per heavy atom. The van der Waals surface area contributed by atoms with Gasteiger partial charge in [-0.3, -0.25) is 14.9 Å². The summed E-state index contributed by atoms with van der Waals surface area (Å²) in [6.07, 6.45) is 3.11. The smallest absolute Gasteiger partial charge is 0.295 e. The molecule has 7 nitrogen and oxygen atoms in total. The predicted molar refractivity (Wildman–Crippen MR) is 100 cm³/mol. The van der Waals surface area contributed by atoms with E-state index >= 15 is 0 Å². The van der Waals surface area contributed by atoms with E-state index < -0.39 is 5.91 Å². The first kappa shape index (κ1) is 17.7. The number of anilines is 2. The molecule has 0 fully saturated rings. The standard InChI is InChI=1S/C18H17N5O2S/c1-11-5-3-6-14(12(11)2)22-15(24)9-13-10-26-18(21-13)23-17(25)16-19-7-4-8-20-16/h3-8,10H,9H2,1-2H3,(H,22,24)(H,21,23,25). The van der Waals surface area contributed by atoms with Gasteiger partial charge in [0, 0.05) is 23.5 Å². The highest BCUT2D eigenvalue weighted by Gasteiger charge is 2.13. The van der Waals surface area contributed by atoms with Crippen LogP contribution in [0, 0.1) is 13.8 Å². The summed E-state index contributed by atoms with van der Waals surface area (Å²) in [5.41, 5.74) is 3.53. The summed E-state index contributed by atoms with van der Waals surface area (Å²) < 4.78 is 0. The predicted octanol–water partition coefficient (Wildman–Crippen LogP) is 2.98. The van der Waals surface area contributed by atoms with E-state index in [0.717, 1.165) is 16.8 Å². The van der Waals surface area contributed by atoms with Gasteiger partial charge in [-0.15, -0.1) is 11.3 Å². The van der Waals surface area contributed by atoms with Gasteiger partial charge in [-0.1, -0.05) is 12.1 Å². The van der Waals surface area contributed by atoms with E-state index in [-0.39, 0.29) is 18.2 Å². The van der Waals surface area contributed by atoms with E-state index in [1.807, 2.05) is 32.0 Å². The molecular weight excluding hydrogens is 350 g/mol. The molecule has 8 heteroatoms. The molecule has 1 aromatic carbocycles. The Bertz CT molecular complexity index is 940. The molecule has 0 radical (unpaired) electrons. The number of thiazole rings is 1. The highest BCUT2D eigenvalue weighted by atomic mass is 32.1. The van der Waals surface area contributed by atoms with Gasteiger partial charge >= 0.3 is 0 Å². The monoisotopic (exact) mass is 367 g/mol. The second-order valence-corrected chi connectivity index (χ2v) is 6.50. The number of nitrogens with zero attached hydrogens (tertiary/aromatic N) is 3. The molecular formula is C18H17N5O2S. The Labute approximate surface area is 154 Å².